The zero-order valence-corrected chi connectivity index (χ0v) is 14.1. The molecule has 112 valence electrons. The normalized spacial score (nSPS) is 10.7. The van der Waals surface area contributed by atoms with E-state index < -0.39 is 0 Å². The van der Waals surface area contributed by atoms with E-state index in [2.05, 4.69) is 20.9 Å². The number of methoxy groups -OCH3 is 1. The van der Waals surface area contributed by atoms with Crippen LogP contribution in [-0.2, 0) is 6.61 Å². The Morgan fingerprint density at radius 3 is 2.55 bits per heavy atom. The van der Waals surface area contributed by atoms with Crippen LogP contribution in [-0.4, -0.2) is 12.1 Å². The third kappa shape index (κ3) is 3.22. The molecule has 3 rings (SSSR count). The Balaban J connectivity index is 1.93. The number of aromatic nitrogens is 1. The molecule has 3 nitrogen and oxygen atoms in total. The van der Waals surface area contributed by atoms with Crippen LogP contribution in [0, 0.1) is 6.92 Å². The quantitative estimate of drug-likeness (QED) is 0.665. The number of ether oxygens (including phenoxy) is 2. The molecule has 2 aromatic carbocycles. The Morgan fingerprint density at radius 1 is 1.05 bits per heavy atom. The lowest BCUT2D eigenvalue weighted by Crippen LogP contribution is -1.98. The van der Waals surface area contributed by atoms with Gasteiger partial charge in [-0.15, -0.1) is 0 Å². The Labute approximate surface area is 138 Å². The highest BCUT2D eigenvalue weighted by Gasteiger charge is 2.07. The Morgan fingerprint density at radius 2 is 1.82 bits per heavy atom. The van der Waals surface area contributed by atoms with Crippen LogP contribution in [0.15, 0.2) is 53.0 Å². The fourth-order valence-corrected chi connectivity index (χ4v) is 2.55. The predicted molar refractivity (Wildman–Crippen MR) is 91.5 cm³/mol. The average molecular weight is 358 g/mol. The van der Waals surface area contributed by atoms with Gasteiger partial charge in [-0.1, -0.05) is 28.1 Å². The van der Waals surface area contributed by atoms with Crippen LogP contribution < -0.4 is 9.47 Å². The molecule has 1 aromatic heterocycles. The van der Waals surface area contributed by atoms with Gasteiger partial charge >= 0.3 is 0 Å². The van der Waals surface area contributed by atoms with E-state index >= 15 is 0 Å². The number of benzene rings is 2. The van der Waals surface area contributed by atoms with Gasteiger partial charge in [-0.05, 0) is 42.8 Å². The van der Waals surface area contributed by atoms with Gasteiger partial charge in [-0.25, -0.2) is 0 Å². The van der Waals surface area contributed by atoms with E-state index in [-0.39, 0.29) is 0 Å². The fraction of sp³-hybridized carbons (Fsp3) is 0.167. The van der Waals surface area contributed by atoms with Crippen LogP contribution in [0.4, 0.5) is 0 Å². The fourth-order valence-electron chi connectivity index (χ4n) is 2.29. The molecule has 22 heavy (non-hydrogen) atoms. The van der Waals surface area contributed by atoms with Crippen molar-refractivity contribution in [3.05, 3.63) is 64.3 Å². The highest BCUT2D eigenvalue weighted by Crippen LogP contribution is 2.29. The molecule has 0 spiro atoms. The van der Waals surface area contributed by atoms with Crippen molar-refractivity contribution < 1.29 is 9.47 Å². The summed E-state index contributed by atoms with van der Waals surface area (Å²) >= 11 is 3.44. The van der Waals surface area contributed by atoms with E-state index in [0.717, 1.165) is 38.1 Å². The smallest absolute Gasteiger partial charge is 0.131 e. The number of nitrogens with zero attached hydrogens (tertiary/aromatic N) is 1. The van der Waals surface area contributed by atoms with Crippen molar-refractivity contribution in [2.24, 2.45) is 0 Å². The zero-order chi connectivity index (χ0) is 15.5. The largest absolute Gasteiger partial charge is 0.497 e. The molecule has 0 saturated heterocycles. The van der Waals surface area contributed by atoms with Crippen molar-refractivity contribution in [2.75, 3.05) is 7.11 Å². The molecule has 0 bridgehead atoms. The van der Waals surface area contributed by atoms with Gasteiger partial charge in [-0.2, -0.15) is 0 Å². The van der Waals surface area contributed by atoms with Crippen molar-refractivity contribution in [3.8, 4) is 11.5 Å². The minimum absolute atomic E-state index is 0.517. The van der Waals surface area contributed by atoms with Crippen LogP contribution in [0.1, 0.15) is 11.3 Å². The molecule has 0 aliphatic carbocycles. The third-order valence-electron chi connectivity index (χ3n) is 3.41. The van der Waals surface area contributed by atoms with Crippen molar-refractivity contribution in [1.82, 2.24) is 4.98 Å². The van der Waals surface area contributed by atoms with Gasteiger partial charge in [0, 0.05) is 21.6 Å². The highest BCUT2D eigenvalue weighted by atomic mass is 79.9. The second kappa shape index (κ2) is 6.36. The molecule has 4 heteroatoms. The van der Waals surface area contributed by atoms with E-state index in [9.17, 15) is 0 Å². The lowest BCUT2D eigenvalue weighted by atomic mass is 10.1. The number of hydrogen-bond donors (Lipinski definition) is 0. The summed E-state index contributed by atoms with van der Waals surface area (Å²) < 4.78 is 12.4. The summed E-state index contributed by atoms with van der Waals surface area (Å²) in [6.07, 6.45) is 0. The number of fused-ring (bicyclic) bond motifs is 1. The first-order valence-corrected chi connectivity index (χ1v) is 7.77. The zero-order valence-electron chi connectivity index (χ0n) is 12.5. The van der Waals surface area contributed by atoms with Gasteiger partial charge in [-0.3, -0.25) is 4.98 Å². The van der Waals surface area contributed by atoms with Gasteiger partial charge in [0.1, 0.15) is 18.1 Å². The predicted octanol–water partition coefficient (Wildman–Crippen LogP) is 4.89. The summed E-state index contributed by atoms with van der Waals surface area (Å²) in [5.74, 6) is 1.62. The summed E-state index contributed by atoms with van der Waals surface area (Å²) in [4.78, 5) is 4.54. The summed E-state index contributed by atoms with van der Waals surface area (Å²) in [5.41, 5.74) is 2.96. The van der Waals surface area contributed by atoms with Crippen LogP contribution in [0.3, 0.4) is 0 Å². The van der Waals surface area contributed by atoms with Crippen LogP contribution >= 0.6 is 15.9 Å². The van der Waals surface area contributed by atoms with Crippen molar-refractivity contribution in [2.45, 2.75) is 13.5 Å². The molecular formula is C18H16BrNO2. The van der Waals surface area contributed by atoms with E-state index in [1.165, 1.54) is 0 Å². The van der Waals surface area contributed by atoms with E-state index in [1.807, 2.05) is 55.5 Å². The van der Waals surface area contributed by atoms with Crippen LogP contribution in [0.25, 0.3) is 10.9 Å². The molecule has 0 fully saturated rings. The average Bonchev–Trinajstić information content (AvgIpc) is 2.53. The maximum atomic E-state index is 6.01. The first-order valence-electron chi connectivity index (χ1n) is 6.98. The molecule has 0 N–H and O–H groups in total. The third-order valence-corrected chi connectivity index (χ3v) is 3.94. The Bertz CT molecular complexity index is 800. The SMILES string of the molecule is COc1ccc2nc(C)cc(OCc3ccc(Br)cc3)c2c1. The number of halogens is 1. The minimum Gasteiger partial charge on any atom is -0.497 e. The molecule has 0 atom stereocenters. The van der Waals surface area contributed by atoms with E-state index in [0.29, 0.717) is 6.61 Å². The number of pyridine rings is 1. The summed E-state index contributed by atoms with van der Waals surface area (Å²) in [5, 5.41) is 0.960. The van der Waals surface area contributed by atoms with Crippen molar-refractivity contribution in [1.29, 1.82) is 0 Å². The second-order valence-electron chi connectivity index (χ2n) is 5.06. The molecule has 0 radical (unpaired) electrons. The van der Waals surface area contributed by atoms with E-state index in [4.69, 9.17) is 9.47 Å². The lowest BCUT2D eigenvalue weighted by molar-refractivity contribution is 0.309. The van der Waals surface area contributed by atoms with Gasteiger partial charge in [0.05, 0.1) is 12.6 Å². The standard InChI is InChI=1S/C18H16BrNO2/c1-12-9-18(22-11-13-3-5-14(19)6-4-13)16-10-15(21-2)7-8-17(16)20-12/h3-10H,11H2,1-2H3. The molecule has 0 aliphatic heterocycles. The van der Waals surface area contributed by atoms with Gasteiger partial charge < -0.3 is 9.47 Å². The Hall–Kier alpha value is -2.07. The summed E-state index contributed by atoms with van der Waals surface area (Å²) in [7, 11) is 1.66. The second-order valence-corrected chi connectivity index (χ2v) is 5.98. The maximum absolute atomic E-state index is 6.01. The van der Waals surface area contributed by atoms with E-state index in [1.54, 1.807) is 7.11 Å². The molecular weight excluding hydrogens is 342 g/mol. The Kier molecular flexibility index (Phi) is 4.29. The topological polar surface area (TPSA) is 31.4 Å². The van der Waals surface area contributed by atoms with Crippen LogP contribution in [0.2, 0.25) is 0 Å². The molecule has 0 saturated carbocycles. The molecule has 0 aliphatic rings. The van der Waals surface area contributed by atoms with Gasteiger partial charge in [0.2, 0.25) is 0 Å². The van der Waals surface area contributed by atoms with Crippen molar-refractivity contribution in [3.63, 3.8) is 0 Å². The molecule has 3 aromatic rings. The molecule has 0 unspecified atom stereocenters. The first kappa shape index (κ1) is 14.9. The highest BCUT2D eigenvalue weighted by molar-refractivity contribution is 9.10. The molecule has 0 amide bonds. The lowest BCUT2D eigenvalue weighted by Gasteiger charge is -2.11. The van der Waals surface area contributed by atoms with Gasteiger partial charge in [0.15, 0.2) is 0 Å². The summed E-state index contributed by atoms with van der Waals surface area (Å²) in [6.45, 7) is 2.49. The van der Waals surface area contributed by atoms with Crippen molar-refractivity contribution >= 4 is 26.8 Å². The maximum Gasteiger partial charge on any atom is 0.131 e. The summed E-state index contributed by atoms with van der Waals surface area (Å²) in [6, 6.07) is 15.9. The number of rotatable bonds is 4. The number of hydrogen-bond acceptors (Lipinski definition) is 3. The minimum atomic E-state index is 0.517. The van der Waals surface area contributed by atoms with Gasteiger partial charge in [0.25, 0.3) is 0 Å². The number of aryl methyl sites for hydroxylation is 1. The molecule has 1 heterocycles. The van der Waals surface area contributed by atoms with Crippen LogP contribution in [0.5, 0.6) is 11.5 Å². The monoisotopic (exact) mass is 357 g/mol. The first-order chi connectivity index (χ1) is 10.7.